The molecular formula is C18H15ClN4O3S. The molecule has 0 saturated carbocycles. The first-order valence-electron chi connectivity index (χ1n) is 8.24. The number of aliphatic imine (C=N–C) groups is 1. The quantitative estimate of drug-likeness (QED) is 0.669. The van der Waals surface area contributed by atoms with Crippen LogP contribution >= 0.6 is 22.9 Å². The second kappa shape index (κ2) is 7.13. The van der Waals surface area contributed by atoms with Gasteiger partial charge in [0, 0.05) is 27.4 Å². The van der Waals surface area contributed by atoms with E-state index in [-0.39, 0.29) is 6.61 Å². The van der Waals surface area contributed by atoms with Crippen molar-refractivity contribution in [3.63, 3.8) is 0 Å². The Morgan fingerprint density at radius 1 is 1.33 bits per heavy atom. The molecule has 7 nitrogen and oxygen atoms in total. The number of rotatable bonds is 4. The van der Waals surface area contributed by atoms with Crippen LogP contribution in [-0.4, -0.2) is 38.3 Å². The zero-order valence-corrected chi connectivity index (χ0v) is 15.9. The lowest BCUT2D eigenvalue weighted by atomic mass is 10.0. The number of carbonyl (C=O) groups is 1. The number of hydrogen-bond acceptors (Lipinski definition) is 6. The molecule has 1 aromatic carbocycles. The van der Waals surface area contributed by atoms with Crippen molar-refractivity contribution in [3.8, 4) is 5.00 Å². The van der Waals surface area contributed by atoms with E-state index in [1.807, 2.05) is 41.8 Å². The first kappa shape index (κ1) is 17.7. The maximum Gasteiger partial charge on any atom is 0.505 e. The van der Waals surface area contributed by atoms with Crippen LogP contribution in [-0.2, 0) is 17.7 Å². The van der Waals surface area contributed by atoms with Crippen molar-refractivity contribution in [1.82, 2.24) is 14.8 Å². The number of fused-ring (bicyclic) bond motifs is 3. The average molecular weight is 403 g/mol. The molecule has 0 fully saturated rings. The fraction of sp³-hybridized carbons (Fsp3) is 0.222. The molecule has 4 rings (SSSR count). The number of benzene rings is 1. The number of aromatic nitrogens is 3. The van der Waals surface area contributed by atoms with Crippen molar-refractivity contribution in [3.05, 3.63) is 63.0 Å². The number of aryl methyl sites for hydroxylation is 1. The summed E-state index contributed by atoms with van der Waals surface area (Å²) >= 11 is 7.97. The molecule has 2 aromatic heterocycles. The summed E-state index contributed by atoms with van der Waals surface area (Å²) in [6.07, 6.45) is -0.792. The summed E-state index contributed by atoms with van der Waals surface area (Å²) in [6, 6.07) is 9.60. The van der Waals surface area contributed by atoms with Gasteiger partial charge < -0.3 is 9.84 Å². The lowest BCUT2D eigenvalue weighted by molar-refractivity contribution is 0.0929. The normalized spacial score (nSPS) is 12.7. The summed E-state index contributed by atoms with van der Waals surface area (Å²) in [7, 11) is 0. The minimum absolute atomic E-state index is 0.0985. The molecule has 1 N–H and O–H groups in total. The van der Waals surface area contributed by atoms with Crippen LogP contribution in [0.2, 0.25) is 5.02 Å². The van der Waals surface area contributed by atoms with E-state index >= 15 is 0 Å². The van der Waals surface area contributed by atoms with Gasteiger partial charge in [-0.3, -0.25) is 9.56 Å². The second-order valence-electron chi connectivity index (χ2n) is 5.94. The Bertz CT molecular complexity index is 1060. The number of ether oxygens (including phenoxy) is 1. The summed E-state index contributed by atoms with van der Waals surface area (Å²) < 4.78 is 6.65. The van der Waals surface area contributed by atoms with Crippen LogP contribution in [0.3, 0.4) is 0 Å². The molecule has 0 radical (unpaired) electrons. The van der Waals surface area contributed by atoms with Crippen LogP contribution in [0.25, 0.3) is 5.00 Å². The summed E-state index contributed by atoms with van der Waals surface area (Å²) in [5.41, 5.74) is 2.57. The molecule has 1 aliphatic rings. The highest BCUT2D eigenvalue weighted by molar-refractivity contribution is 7.15. The molecular weight excluding hydrogens is 388 g/mol. The van der Waals surface area contributed by atoms with Gasteiger partial charge in [0.1, 0.15) is 17.4 Å². The number of halogens is 1. The standard InChI is InChI=1S/C18H15ClN4O3S/c1-10-21-22-15-9-20-16(12-4-2-3-5-14(12)19)13-8-11(6-7-26-18(24)25)27-17(13)23(10)15/h2-5,8H,6-7,9H2,1H3,(H,24,25). The fourth-order valence-corrected chi connectivity index (χ4v) is 4.45. The van der Waals surface area contributed by atoms with E-state index in [1.165, 1.54) is 0 Å². The van der Waals surface area contributed by atoms with Gasteiger partial charge in [-0.05, 0) is 19.1 Å². The van der Waals surface area contributed by atoms with Crippen molar-refractivity contribution >= 4 is 34.8 Å². The van der Waals surface area contributed by atoms with Gasteiger partial charge in [0.2, 0.25) is 0 Å². The topological polar surface area (TPSA) is 89.6 Å². The van der Waals surface area contributed by atoms with Crippen molar-refractivity contribution in [1.29, 1.82) is 0 Å². The van der Waals surface area contributed by atoms with Crippen LogP contribution in [0.1, 0.15) is 27.7 Å². The molecule has 138 valence electrons. The first-order chi connectivity index (χ1) is 13.0. The van der Waals surface area contributed by atoms with Crippen LogP contribution in [0.15, 0.2) is 35.3 Å². The molecule has 3 heterocycles. The Morgan fingerprint density at radius 2 is 2.15 bits per heavy atom. The molecule has 0 amide bonds. The number of thiophene rings is 1. The maximum atomic E-state index is 10.6. The molecule has 1 aliphatic heterocycles. The summed E-state index contributed by atoms with van der Waals surface area (Å²) in [4.78, 5) is 16.4. The Labute approximate surface area is 163 Å². The molecule has 0 bridgehead atoms. The van der Waals surface area contributed by atoms with Crippen LogP contribution in [0.4, 0.5) is 4.79 Å². The predicted octanol–water partition coefficient (Wildman–Crippen LogP) is 3.88. The zero-order valence-electron chi connectivity index (χ0n) is 14.3. The summed E-state index contributed by atoms with van der Waals surface area (Å²) in [5.74, 6) is 1.53. The molecule has 0 saturated heterocycles. The van der Waals surface area contributed by atoms with E-state index in [2.05, 4.69) is 14.9 Å². The maximum absolute atomic E-state index is 10.6. The van der Waals surface area contributed by atoms with Gasteiger partial charge in [-0.25, -0.2) is 4.79 Å². The van der Waals surface area contributed by atoms with Gasteiger partial charge in [-0.2, -0.15) is 0 Å². The van der Waals surface area contributed by atoms with Gasteiger partial charge in [0.25, 0.3) is 0 Å². The van der Waals surface area contributed by atoms with Gasteiger partial charge in [0.05, 0.1) is 12.3 Å². The fourth-order valence-electron chi connectivity index (χ4n) is 3.02. The minimum atomic E-state index is -1.27. The van der Waals surface area contributed by atoms with Crippen molar-refractivity contribution in [2.75, 3.05) is 6.61 Å². The van der Waals surface area contributed by atoms with E-state index in [0.29, 0.717) is 18.0 Å². The predicted molar refractivity (Wildman–Crippen MR) is 102 cm³/mol. The van der Waals surface area contributed by atoms with Crippen molar-refractivity contribution < 1.29 is 14.6 Å². The van der Waals surface area contributed by atoms with Crippen molar-refractivity contribution in [2.24, 2.45) is 4.99 Å². The Hall–Kier alpha value is -2.71. The van der Waals surface area contributed by atoms with Crippen LogP contribution in [0.5, 0.6) is 0 Å². The third-order valence-corrected chi connectivity index (χ3v) is 5.70. The third kappa shape index (κ3) is 3.33. The van der Waals surface area contributed by atoms with Gasteiger partial charge in [0.15, 0.2) is 5.82 Å². The van der Waals surface area contributed by atoms with E-state index in [0.717, 1.165) is 38.4 Å². The summed E-state index contributed by atoms with van der Waals surface area (Å²) in [5, 5.41) is 18.7. The van der Waals surface area contributed by atoms with E-state index in [4.69, 9.17) is 21.7 Å². The number of nitrogens with zero attached hydrogens (tertiary/aromatic N) is 4. The molecule has 0 atom stereocenters. The van der Waals surface area contributed by atoms with Crippen LogP contribution < -0.4 is 0 Å². The zero-order chi connectivity index (χ0) is 19.0. The van der Waals surface area contributed by atoms with E-state index in [9.17, 15) is 4.79 Å². The Balaban J connectivity index is 1.82. The molecule has 0 unspecified atom stereocenters. The smallest absolute Gasteiger partial charge is 0.450 e. The van der Waals surface area contributed by atoms with E-state index in [1.54, 1.807) is 11.3 Å². The molecule has 0 aliphatic carbocycles. The van der Waals surface area contributed by atoms with Gasteiger partial charge in [-0.1, -0.05) is 29.8 Å². The van der Waals surface area contributed by atoms with Crippen LogP contribution in [0, 0.1) is 6.92 Å². The SMILES string of the molecule is Cc1nnc2n1-c1sc(CCOC(=O)O)cc1C(c1ccccc1Cl)=NC2. The molecule has 3 aromatic rings. The molecule has 9 heteroatoms. The number of carboxylic acid groups (broad SMARTS) is 1. The lowest BCUT2D eigenvalue weighted by Crippen LogP contribution is -2.06. The van der Waals surface area contributed by atoms with Crippen molar-refractivity contribution in [2.45, 2.75) is 19.9 Å². The number of hydrogen-bond donors (Lipinski definition) is 1. The van der Waals surface area contributed by atoms with Gasteiger partial charge >= 0.3 is 6.16 Å². The highest BCUT2D eigenvalue weighted by atomic mass is 35.5. The summed E-state index contributed by atoms with van der Waals surface area (Å²) in [6.45, 7) is 2.40. The largest absolute Gasteiger partial charge is 0.505 e. The third-order valence-electron chi connectivity index (χ3n) is 4.20. The van der Waals surface area contributed by atoms with Gasteiger partial charge in [-0.15, -0.1) is 21.5 Å². The minimum Gasteiger partial charge on any atom is -0.450 e. The van der Waals surface area contributed by atoms with E-state index < -0.39 is 6.16 Å². The second-order valence-corrected chi connectivity index (χ2v) is 7.46. The average Bonchev–Trinajstić information content (AvgIpc) is 3.16. The highest BCUT2D eigenvalue weighted by Crippen LogP contribution is 2.34. The highest BCUT2D eigenvalue weighted by Gasteiger charge is 2.25. The Morgan fingerprint density at radius 3 is 2.93 bits per heavy atom. The first-order valence-corrected chi connectivity index (χ1v) is 9.43. The monoisotopic (exact) mass is 402 g/mol. The molecule has 27 heavy (non-hydrogen) atoms. The lowest BCUT2D eigenvalue weighted by Gasteiger charge is -2.08. The molecule has 0 spiro atoms. The Kier molecular flexibility index (Phi) is 4.67.